The number of nitrogens with two attached hydrogens (primary N) is 2. The van der Waals surface area contributed by atoms with Gasteiger partial charge in [-0.25, -0.2) is 4.39 Å². The third-order valence-corrected chi connectivity index (χ3v) is 4.57. The van der Waals surface area contributed by atoms with E-state index in [0.29, 0.717) is 0 Å². The third kappa shape index (κ3) is 4.25. The molecule has 2 rings (SSSR count). The Balaban J connectivity index is 2.31. The lowest BCUT2D eigenvalue weighted by molar-refractivity contribution is -0.166. The second-order valence-electron chi connectivity index (χ2n) is 6.93. The summed E-state index contributed by atoms with van der Waals surface area (Å²) >= 11 is 0. The number of pyridine rings is 1. The highest BCUT2D eigenvalue weighted by atomic mass is 19.1. The highest BCUT2D eigenvalue weighted by Crippen LogP contribution is 2.39. The van der Waals surface area contributed by atoms with Gasteiger partial charge in [0, 0.05) is 22.9 Å². The Morgan fingerprint density at radius 1 is 1.61 bits per heavy atom. The van der Waals surface area contributed by atoms with Crippen LogP contribution in [-0.4, -0.2) is 52.7 Å². The lowest BCUT2D eigenvalue weighted by Crippen LogP contribution is -2.50. The minimum atomic E-state index is -2.06. The molecule has 0 radical (unpaired) electrons. The topological polar surface area (TPSA) is 179 Å². The molecule has 1 fully saturated rings. The van der Waals surface area contributed by atoms with Crippen LogP contribution in [0.2, 0.25) is 0 Å². The number of aliphatic hydroxyl groups excluding tert-OH is 1. The molecular formula is C16H23FN6O5. The zero-order chi connectivity index (χ0) is 21.1. The average molecular weight is 398 g/mol. The summed E-state index contributed by atoms with van der Waals surface area (Å²) in [6, 6.07) is 1.49. The summed E-state index contributed by atoms with van der Waals surface area (Å²) in [6.07, 6.45) is -4.22. The quantitative estimate of drug-likeness (QED) is 0.254. The van der Waals surface area contributed by atoms with E-state index >= 15 is 0 Å². The molecule has 2 heterocycles. The van der Waals surface area contributed by atoms with Crippen LogP contribution in [0.25, 0.3) is 10.4 Å². The largest absolute Gasteiger partial charge is 0.461 e. The van der Waals surface area contributed by atoms with Gasteiger partial charge in [-0.3, -0.25) is 14.2 Å². The second kappa shape index (κ2) is 8.57. The number of aliphatic hydroxyl groups is 1. The number of alkyl halides is 1. The van der Waals surface area contributed by atoms with Gasteiger partial charge < -0.3 is 26.0 Å². The van der Waals surface area contributed by atoms with Crippen molar-refractivity contribution in [2.75, 3.05) is 18.9 Å². The lowest BCUT2D eigenvalue weighted by atomic mass is 9.96. The Morgan fingerprint density at radius 2 is 2.29 bits per heavy atom. The Labute approximate surface area is 159 Å². The van der Waals surface area contributed by atoms with Gasteiger partial charge in [0.25, 0.3) is 5.56 Å². The van der Waals surface area contributed by atoms with Crippen LogP contribution < -0.4 is 17.0 Å². The molecule has 5 N–H and O–H groups in total. The maximum absolute atomic E-state index is 14.8. The minimum absolute atomic E-state index is 0.173. The number of carbonyl (C=O) groups is 1. The molecule has 11 nitrogen and oxygen atoms in total. The molecule has 12 heteroatoms. The van der Waals surface area contributed by atoms with E-state index in [1.807, 2.05) is 0 Å². The first-order valence-electron chi connectivity index (χ1n) is 8.53. The van der Waals surface area contributed by atoms with Crippen molar-refractivity contribution in [3.8, 4) is 0 Å². The van der Waals surface area contributed by atoms with Crippen molar-refractivity contribution in [3.05, 3.63) is 39.1 Å². The van der Waals surface area contributed by atoms with E-state index in [4.69, 9.17) is 26.5 Å². The molecule has 5 atom stereocenters. The summed E-state index contributed by atoms with van der Waals surface area (Å²) < 4.78 is 26.4. The number of hydrogen-bond acceptors (Lipinski definition) is 8. The van der Waals surface area contributed by atoms with Gasteiger partial charge in [0.1, 0.15) is 24.4 Å². The van der Waals surface area contributed by atoms with Crippen LogP contribution in [0.3, 0.4) is 0 Å². The summed E-state index contributed by atoms with van der Waals surface area (Å²) in [5.74, 6) is -1.00. The number of nitrogen functional groups attached to an aromatic ring is 1. The fraction of sp³-hybridized carbons (Fsp3) is 0.625. The smallest absolute Gasteiger partial charge is 0.323 e. The fourth-order valence-electron chi connectivity index (χ4n) is 2.76. The highest BCUT2D eigenvalue weighted by molar-refractivity contribution is 5.75. The SMILES string of the molecule is CC(C)C(N)C(=O)OC[C@@]1(CN=[N+]=[N-])O[C@@H](n2ccc(N)cc2=O)[C@H](F)[C@@H]1O. The highest BCUT2D eigenvalue weighted by Gasteiger charge is 2.56. The zero-order valence-electron chi connectivity index (χ0n) is 15.4. The van der Waals surface area contributed by atoms with Crippen LogP contribution >= 0.6 is 0 Å². The molecule has 28 heavy (non-hydrogen) atoms. The fourth-order valence-corrected chi connectivity index (χ4v) is 2.76. The number of rotatable bonds is 7. The van der Waals surface area contributed by atoms with Gasteiger partial charge in [0.2, 0.25) is 0 Å². The minimum Gasteiger partial charge on any atom is -0.461 e. The van der Waals surface area contributed by atoms with Gasteiger partial charge in [-0.15, -0.1) is 0 Å². The number of hydrogen-bond donors (Lipinski definition) is 3. The molecule has 0 bridgehead atoms. The second-order valence-corrected chi connectivity index (χ2v) is 6.93. The number of halogens is 1. The van der Waals surface area contributed by atoms with Gasteiger partial charge in [0.05, 0.1) is 6.54 Å². The average Bonchev–Trinajstić information content (AvgIpc) is 2.89. The van der Waals surface area contributed by atoms with Crippen molar-refractivity contribution in [1.82, 2.24) is 4.57 Å². The van der Waals surface area contributed by atoms with Crippen molar-refractivity contribution in [3.63, 3.8) is 0 Å². The molecule has 0 spiro atoms. The molecule has 1 aliphatic rings. The summed E-state index contributed by atoms with van der Waals surface area (Å²) in [4.78, 5) is 26.7. The van der Waals surface area contributed by atoms with Crippen molar-refractivity contribution >= 4 is 11.7 Å². The lowest BCUT2D eigenvalue weighted by Gasteiger charge is -2.30. The standard InChI is InChI=1S/C16H23FN6O5/c1-8(2)12(19)15(26)27-7-16(6-21-22-20)13(25)11(17)14(28-16)23-4-3-9(18)5-10(23)24/h3-5,8,11-14,25H,6-7,18-19H2,1-2H3/t11-,12?,13+,14-,16-/m1/s1. The Morgan fingerprint density at radius 3 is 2.86 bits per heavy atom. The number of ether oxygens (including phenoxy) is 2. The molecular weight excluding hydrogens is 375 g/mol. The van der Waals surface area contributed by atoms with Gasteiger partial charge >= 0.3 is 5.97 Å². The Bertz CT molecular complexity index is 826. The third-order valence-electron chi connectivity index (χ3n) is 4.57. The molecule has 0 amide bonds. The molecule has 0 aromatic carbocycles. The van der Waals surface area contributed by atoms with Crippen LogP contribution in [0, 0.1) is 5.92 Å². The predicted octanol–water partition coefficient (Wildman–Crippen LogP) is 0.234. The monoisotopic (exact) mass is 398 g/mol. The first-order valence-corrected chi connectivity index (χ1v) is 8.53. The molecule has 0 aliphatic carbocycles. The van der Waals surface area contributed by atoms with Gasteiger partial charge in [-0.1, -0.05) is 19.0 Å². The summed E-state index contributed by atoms with van der Waals surface area (Å²) in [5.41, 5.74) is 17.5. The number of esters is 1. The molecule has 154 valence electrons. The van der Waals surface area contributed by atoms with Gasteiger partial charge in [0.15, 0.2) is 12.4 Å². The maximum atomic E-state index is 14.8. The Hall–Kier alpha value is -2.66. The van der Waals surface area contributed by atoms with Gasteiger partial charge in [-0.2, -0.15) is 0 Å². The van der Waals surface area contributed by atoms with E-state index in [1.54, 1.807) is 13.8 Å². The number of carbonyl (C=O) groups excluding carboxylic acids is 1. The van der Waals surface area contributed by atoms with Crippen molar-refractivity contribution in [2.24, 2.45) is 16.8 Å². The summed E-state index contributed by atoms with van der Waals surface area (Å²) in [6.45, 7) is 2.27. The number of aromatic nitrogens is 1. The summed E-state index contributed by atoms with van der Waals surface area (Å²) in [7, 11) is 0. The van der Waals surface area contributed by atoms with Crippen molar-refractivity contribution in [2.45, 2.75) is 44.0 Å². The molecule has 0 saturated carbocycles. The van der Waals surface area contributed by atoms with Crippen LogP contribution in [0.5, 0.6) is 0 Å². The zero-order valence-corrected chi connectivity index (χ0v) is 15.4. The number of anilines is 1. The number of nitrogens with zero attached hydrogens (tertiary/aromatic N) is 4. The van der Waals surface area contributed by atoms with Gasteiger partial charge in [-0.05, 0) is 17.5 Å². The molecule has 1 aromatic rings. The van der Waals surface area contributed by atoms with Crippen LogP contribution in [0.15, 0.2) is 28.2 Å². The van der Waals surface area contributed by atoms with Crippen molar-refractivity contribution < 1.29 is 23.8 Å². The van der Waals surface area contributed by atoms with Crippen LogP contribution in [-0.2, 0) is 14.3 Å². The molecule has 1 saturated heterocycles. The maximum Gasteiger partial charge on any atom is 0.323 e. The van der Waals surface area contributed by atoms with E-state index in [1.165, 1.54) is 12.3 Å². The normalized spacial score (nSPS) is 28.0. The molecule has 1 aliphatic heterocycles. The van der Waals surface area contributed by atoms with E-state index < -0.39 is 54.8 Å². The van der Waals surface area contributed by atoms with Crippen molar-refractivity contribution in [1.29, 1.82) is 0 Å². The molecule has 1 aromatic heterocycles. The van der Waals surface area contributed by atoms with E-state index in [0.717, 1.165) is 10.6 Å². The van der Waals surface area contributed by atoms with Crippen LogP contribution in [0.4, 0.5) is 10.1 Å². The van der Waals surface area contributed by atoms with E-state index in [9.17, 15) is 19.1 Å². The predicted molar refractivity (Wildman–Crippen MR) is 96.7 cm³/mol. The van der Waals surface area contributed by atoms with E-state index in [2.05, 4.69) is 10.0 Å². The first-order chi connectivity index (χ1) is 13.1. The van der Waals surface area contributed by atoms with Crippen LogP contribution in [0.1, 0.15) is 20.1 Å². The van der Waals surface area contributed by atoms with E-state index in [-0.39, 0.29) is 11.6 Å². The summed E-state index contributed by atoms with van der Waals surface area (Å²) in [5, 5.41) is 13.8. The first kappa shape index (κ1) is 21.6. The number of azide groups is 1. The molecule has 1 unspecified atom stereocenters. The Kier molecular flexibility index (Phi) is 6.62.